The van der Waals surface area contributed by atoms with Crippen LogP contribution in [-0.4, -0.2) is 57.4 Å². The first-order chi connectivity index (χ1) is 18.0. The molecule has 1 aliphatic rings. The lowest BCUT2D eigenvalue weighted by Crippen LogP contribution is -2.44. The molecule has 0 bridgehead atoms. The monoisotopic (exact) mass is 505 g/mol. The van der Waals surface area contributed by atoms with Crippen molar-refractivity contribution < 1.29 is 33.3 Å². The fraction of sp³-hybridized carbons (Fsp3) is 0.310. The molecule has 0 N–H and O–H groups in total. The van der Waals surface area contributed by atoms with Crippen molar-refractivity contribution in [2.75, 3.05) is 40.6 Å². The number of rotatable bonds is 10. The normalized spacial score (nSPS) is 14.4. The van der Waals surface area contributed by atoms with E-state index >= 15 is 0 Å². The average Bonchev–Trinajstić information content (AvgIpc) is 2.94. The van der Waals surface area contributed by atoms with Crippen molar-refractivity contribution in [1.82, 2.24) is 4.90 Å². The molecule has 0 radical (unpaired) electrons. The minimum Gasteiger partial charge on any atom is -0.493 e. The molecule has 4 rings (SSSR count). The Morgan fingerprint density at radius 3 is 2.24 bits per heavy atom. The largest absolute Gasteiger partial charge is 0.493 e. The number of hydrogen-bond acceptors (Lipinski definition) is 7. The van der Waals surface area contributed by atoms with E-state index < -0.39 is 0 Å². The maximum absolute atomic E-state index is 13.3. The lowest BCUT2D eigenvalue weighted by molar-refractivity contribution is -0.137. The molecule has 3 aromatic carbocycles. The highest BCUT2D eigenvalue weighted by molar-refractivity contribution is 5.89. The summed E-state index contributed by atoms with van der Waals surface area (Å²) in [6.45, 7) is 2.70. The van der Waals surface area contributed by atoms with Crippen molar-refractivity contribution >= 4 is 11.9 Å². The Labute approximate surface area is 216 Å². The number of amides is 1. The molecule has 0 aromatic heterocycles. The standard InChI is InChI=1S/C29H31NO7/c1-4-35-29(32)20-10-12-23(13-11-20)36-18-25-24-17-27(34-3)26(33-2)16-21(24)14-15-30(25)28(31)19-37-22-8-6-5-7-9-22/h5-13,16-17,25H,4,14-15,18-19H2,1-3H3/t25-/m0/s1. The summed E-state index contributed by atoms with van der Waals surface area (Å²) in [4.78, 5) is 27.0. The zero-order valence-electron chi connectivity index (χ0n) is 21.3. The van der Waals surface area contributed by atoms with Crippen LogP contribution in [0.1, 0.15) is 34.5 Å². The smallest absolute Gasteiger partial charge is 0.338 e. The van der Waals surface area contributed by atoms with Gasteiger partial charge in [0.15, 0.2) is 18.1 Å². The van der Waals surface area contributed by atoms with Crippen molar-refractivity contribution in [2.45, 2.75) is 19.4 Å². The number of benzene rings is 3. The maximum atomic E-state index is 13.3. The molecule has 194 valence electrons. The predicted molar refractivity (Wildman–Crippen MR) is 138 cm³/mol. The quantitative estimate of drug-likeness (QED) is 0.376. The first-order valence-electron chi connectivity index (χ1n) is 12.2. The van der Waals surface area contributed by atoms with Crippen LogP contribution < -0.4 is 18.9 Å². The molecular formula is C29H31NO7. The Bertz CT molecular complexity index is 1210. The summed E-state index contributed by atoms with van der Waals surface area (Å²) >= 11 is 0. The molecule has 8 heteroatoms. The summed E-state index contributed by atoms with van der Waals surface area (Å²) in [7, 11) is 3.19. The highest BCUT2D eigenvalue weighted by Gasteiger charge is 2.33. The minimum absolute atomic E-state index is 0.0859. The predicted octanol–water partition coefficient (Wildman–Crippen LogP) is 4.46. The third-order valence-corrected chi connectivity index (χ3v) is 6.20. The number of hydrogen-bond donors (Lipinski definition) is 0. The van der Waals surface area contributed by atoms with E-state index in [0.717, 1.165) is 11.1 Å². The van der Waals surface area contributed by atoms with Gasteiger partial charge >= 0.3 is 5.97 Å². The number of carbonyl (C=O) groups is 2. The van der Waals surface area contributed by atoms with E-state index in [1.165, 1.54) is 0 Å². The number of carbonyl (C=O) groups excluding carboxylic acids is 2. The van der Waals surface area contributed by atoms with E-state index in [0.29, 0.717) is 48.1 Å². The Morgan fingerprint density at radius 2 is 1.57 bits per heavy atom. The van der Waals surface area contributed by atoms with Gasteiger partial charge in [-0.25, -0.2) is 4.79 Å². The van der Waals surface area contributed by atoms with Gasteiger partial charge in [0.05, 0.1) is 32.4 Å². The van der Waals surface area contributed by atoms with Gasteiger partial charge < -0.3 is 28.6 Å². The van der Waals surface area contributed by atoms with Crippen LogP contribution in [0.3, 0.4) is 0 Å². The van der Waals surface area contributed by atoms with Gasteiger partial charge in [-0.15, -0.1) is 0 Å². The molecule has 3 aromatic rings. The van der Waals surface area contributed by atoms with Crippen molar-refractivity contribution in [2.24, 2.45) is 0 Å². The topological polar surface area (TPSA) is 83.5 Å². The van der Waals surface area contributed by atoms with Crippen LogP contribution in [0, 0.1) is 0 Å². The second-order valence-electron chi connectivity index (χ2n) is 8.42. The van der Waals surface area contributed by atoms with Gasteiger partial charge in [-0.2, -0.15) is 0 Å². The molecule has 37 heavy (non-hydrogen) atoms. The molecule has 1 amide bonds. The first-order valence-corrected chi connectivity index (χ1v) is 12.2. The van der Waals surface area contributed by atoms with E-state index in [-0.39, 0.29) is 31.1 Å². The van der Waals surface area contributed by atoms with E-state index in [1.807, 2.05) is 42.5 Å². The third kappa shape index (κ3) is 6.14. The molecule has 1 atom stereocenters. The lowest BCUT2D eigenvalue weighted by Gasteiger charge is -2.37. The van der Waals surface area contributed by atoms with Crippen LogP contribution >= 0.6 is 0 Å². The SMILES string of the molecule is CCOC(=O)c1ccc(OC[C@H]2c3cc(OC)c(OC)cc3CCN2C(=O)COc2ccccc2)cc1. The highest BCUT2D eigenvalue weighted by Crippen LogP contribution is 2.38. The van der Waals surface area contributed by atoms with Crippen LogP contribution in [0.25, 0.3) is 0 Å². The number of para-hydroxylation sites is 1. The summed E-state index contributed by atoms with van der Waals surface area (Å²) in [5.74, 6) is 1.91. The van der Waals surface area contributed by atoms with Gasteiger partial charge in [0.25, 0.3) is 5.91 Å². The van der Waals surface area contributed by atoms with Crippen molar-refractivity contribution in [3.63, 3.8) is 0 Å². The van der Waals surface area contributed by atoms with Gasteiger partial charge in [0.1, 0.15) is 18.1 Å². The van der Waals surface area contributed by atoms with E-state index in [2.05, 4.69) is 0 Å². The molecule has 0 spiro atoms. The summed E-state index contributed by atoms with van der Waals surface area (Å²) < 4.78 is 27.9. The van der Waals surface area contributed by atoms with Crippen molar-refractivity contribution in [1.29, 1.82) is 0 Å². The zero-order chi connectivity index (χ0) is 26.2. The Hall–Kier alpha value is -4.20. The molecule has 0 aliphatic carbocycles. The molecular weight excluding hydrogens is 474 g/mol. The average molecular weight is 506 g/mol. The zero-order valence-corrected chi connectivity index (χ0v) is 21.3. The van der Waals surface area contributed by atoms with E-state index in [4.69, 9.17) is 23.7 Å². The van der Waals surface area contributed by atoms with Crippen LogP contribution in [0.4, 0.5) is 0 Å². The minimum atomic E-state index is -0.383. The maximum Gasteiger partial charge on any atom is 0.338 e. The Kier molecular flexibility index (Phi) is 8.51. The second kappa shape index (κ2) is 12.2. The fourth-order valence-electron chi connectivity index (χ4n) is 4.33. The van der Waals surface area contributed by atoms with Gasteiger partial charge in [-0.3, -0.25) is 4.79 Å². The first kappa shape index (κ1) is 25.9. The number of esters is 1. The van der Waals surface area contributed by atoms with Crippen LogP contribution in [0.5, 0.6) is 23.0 Å². The van der Waals surface area contributed by atoms with Gasteiger partial charge in [-0.1, -0.05) is 18.2 Å². The van der Waals surface area contributed by atoms with Crippen LogP contribution in [0.15, 0.2) is 66.7 Å². The number of ether oxygens (including phenoxy) is 5. The number of methoxy groups -OCH3 is 2. The van der Waals surface area contributed by atoms with Crippen molar-refractivity contribution in [3.8, 4) is 23.0 Å². The molecule has 0 fully saturated rings. The summed E-state index contributed by atoms with van der Waals surface area (Å²) in [6, 6.07) is 19.5. The number of nitrogens with zero attached hydrogens (tertiary/aromatic N) is 1. The Morgan fingerprint density at radius 1 is 0.892 bits per heavy atom. The van der Waals surface area contributed by atoms with Crippen molar-refractivity contribution in [3.05, 3.63) is 83.4 Å². The van der Waals surface area contributed by atoms with E-state index in [1.54, 1.807) is 50.3 Å². The van der Waals surface area contributed by atoms with Gasteiger partial charge in [-0.05, 0) is 73.0 Å². The second-order valence-corrected chi connectivity index (χ2v) is 8.42. The highest BCUT2D eigenvalue weighted by atomic mass is 16.5. The molecule has 1 heterocycles. The Balaban J connectivity index is 1.56. The summed E-state index contributed by atoms with van der Waals surface area (Å²) in [5, 5.41) is 0. The fourth-order valence-corrected chi connectivity index (χ4v) is 4.33. The third-order valence-electron chi connectivity index (χ3n) is 6.20. The van der Waals surface area contributed by atoms with E-state index in [9.17, 15) is 9.59 Å². The van der Waals surface area contributed by atoms with Gasteiger partial charge in [0, 0.05) is 6.54 Å². The molecule has 0 saturated carbocycles. The molecule has 8 nitrogen and oxygen atoms in total. The van der Waals surface area contributed by atoms with Crippen LogP contribution in [0.2, 0.25) is 0 Å². The van der Waals surface area contributed by atoms with Gasteiger partial charge in [0.2, 0.25) is 0 Å². The molecule has 0 saturated heterocycles. The lowest BCUT2D eigenvalue weighted by atomic mass is 9.92. The molecule has 1 aliphatic heterocycles. The summed E-state index contributed by atoms with van der Waals surface area (Å²) in [5.41, 5.74) is 2.45. The summed E-state index contributed by atoms with van der Waals surface area (Å²) in [6.07, 6.45) is 0.664. The molecule has 0 unspecified atom stereocenters. The number of fused-ring (bicyclic) bond motifs is 1. The van der Waals surface area contributed by atoms with Crippen LogP contribution in [-0.2, 0) is 16.0 Å².